The first-order chi connectivity index (χ1) is 6.81. The van der Waals surface area contributed by atoms with E-state index in [1.54, 1.807) is 0 Å². The molecule has 0 saturated heterocycles. The van der Waals surface area contributed by atoms with E-state index < -0.39 is 0 Å². The van der Waals surface area contributed by atoms with Gasteiger partial charge in [0, 0.05) is 6.54 Å². The molecule has 14 heavy (non-hydrogen) atoms. The van der Waals surface area contributed by atoms with Crippen molar-refractivity contribution < 1.29 is 9.53 Å². The molecule has 0 bridgehead atoms. The maximum Gasteiger partial charge on any atom is 0.307 e. The molecular weight excluding hydrogens is 178 g/mol. The fourth-order valence-corrected chi connectivity index (χ4v) is 1.04. The Bertz CT molecular complexity index is 167. The molecule has 0 saturated carbocycles. The number of allylic oxidation sites excluding steroid dienone is 1. The van der Waals surface area contributed by atoms with Gasteiger partial charge < -0.3 is 10.1 Å². The fourth-order valence-electron chi connectivity index (χ4n) is 1.04. The third-order valence-corrected chi connectivity index (χ3v) is 1.91. The summed E-state index contributed by atoms with van der Waals surface area (Å²) < 4.78 is 4.51. The molecule has 0 aromatic rings. The SMILES string of the molecule is CCCCCC=CNCCC(=O)OC. The molecule has 0 unspecified atom stereocenters. The second-order valence-corrected chi connectivity index (χ2v) is 3.18. The standard InChI is InChI=1S/C11H21NO2/c1-3-4-5-6-7-9-12-10-8-11(13)14-2/h7,9,12H,3-6,8,10H2,1-2H3. The lowest BCUT2D eigenvalue weighted by atomic mass is 10.2. The largest absolute Gasteiger partial charge is 0.469 e. The lowest BCUT2D eigenvalue weighted by Gasteiger charge is -1.99. The minimum atomic E-state index is -0.170. The molecule has 0 aromatic carbocycles. The Morgan fingerprint density at radius 2 is 2.21 bits per heavy atom. The summed E-state index contributed by atoms with van der Waals surface area (Å²) in [6.07, 6.45) is 9.34. The molecule has 0 radical (unpaired) electrons. The van der Waals surface area contributed by atoms with E-state index in [0.717, 1.165) is 6.42 Å². The summed E-state index contributed by atoms with van der Waals surface area (Å²) in [5, 5.41) is 3.05. The maximum atomic E-state index is 10.7. The van der Waals surface area contributed by atoms with Crippen LogP contribution >= 0.6 is 0 Å². The average molecular weight is 199 g/mol. The molecule has 0 spiro atoms. The summed E-state index contributed by atoms with van der Waals surface area (Å²) in [6.45, 7) is 2.84. The summed E-state index contributed by atoms with van der Waals surface area (Å²) in [6, 6.07) is 0. The zero-order chi connectivity index (χ0) is 10.6. The van der Waals surface area contributed by atoms with Gasteiger partial charge in [-0.1, -0.05) is 25.8 Å². The second-order valence-electron chi connectivity index (χ2n) is 3.18. The highest BCUT2D eigenvalue weighted by Crippen LogP contribution is 1.98. The van der Waals surface area contributed by atoms with E-state index in [1.807, 2.05) is 6.20 Å². The molecule has 0 aliphatic carbocycles. The van der Waals surface area contributed by atoms with Crippen molar-refractivity contribution in [3.63, 3.8) is 0 Å². The van der Waals surface area contributed by atoms with Gasteiger partial charge in [0.25, 0.3) is 0 Å². The highest BCUT2D eigenvalue weighted by atomic mass is 16.5. The molecule has 82 valence electrons. The van der Waals surface area contributed by atoms with Crippen molar-refractivity contribution in [1.29, 1.82) is 0 Å². The molecule has 0 amide bonds. The van der Waals surface area contributed by atoms with Crippen LogP contribution in [0.25, 0.3) is 0 Å². The Hall–Kier alpha value is -0.990. The van der Waals surface area contributed by atoms with Crippen molar-refractivity contribution in [2.75, 3.05) is 13.7 Å². The number of nitrogens with one attached hydrogen (secondary N) is 1. The van der Waals surface area contributed by atoms with Crippen LogP contribution in [0, 0.1) is 0 Å². The first-order valence-corrected chi connectivity index (χ1v) is 5.26. The van der Waals surface area contributed by atoms with Crippen molar-refractivity contribution in [1.82, 2.24) is 5.32 Å². The van der Waals surface area contributed by atoms with E-state index in [1.165, 1.54) is 26.4 Å². The smallest absolute Gasteiger partial charge is 0.307 e. The number of hydrogen-bond acceptors (Lipinski definition) is 3. The third-order valence-electron chi connectivity index (χ3n) is 1.91. The first kappa shape index (κ1) is 13.0. The van der Waals surface area contributed by atoms with Crippen molar-refractivity contribution >= 4 is 5.97 Å². The normalized spacial score (nSPS) is 10.4. The molecular formula is C11H21NO2. The molecule has 3 nitrogen and oxygen atoms in total. The third kappa shape index (κ3) is 9.10. The van der Waals surface area contributed by atoms with Crippen LogP contribution in [0.4, 0.5) is 0 Å². The van der Waals surface area contributed by atoms with Gasteiger partial charge in [0.05, 0.1) is 13.5 Å². The van der Waals surface area contributed by atoms with E-state index in [-0.39, 0.29) is 5.97 Å². The monoisotopic (exact) mass is 199 g/mol. The average Bonchev–Trinajstić information content (AvgIpc) is 2.21. The van der Waals surface area contributed by atoms with Crippen LogP contribution in [0.3, 0.4) is 0 Å². The van der Waals surface area contributed by atoms with Gasteiger partial charge in [-0.2, -0.15) is 0 Å². The number of methoxy groups -OCH3 is 1. The summed E-state index contributed by atoms with van der Waals surface area (Å²) >= 11 is 0. The fraction of sp³-hybridized carbons (Fsp3) is 0.727. The van der Waals surface area contributed by atoms with Gasteiger partial charge >= 0.3 is 5.97 Å². The summed E-state index contributed by atoms with van der Waals surface area (Å²) in [5.41, 5.74) is 0. The Kier molecular flexibility index (Phi) is 9.38. The Balaban J connectivity index is 3.14. The number of hydrogen-bond donors (Lipinski definition) is 1. The lowest BCUT2D eigenvalue weighted by molar-refractivity contribution is -0.140. The zero-order valence-corrected chi connectivity index (χ0v) is 9.21. The van der Waals surface area contributed by atoms with Crippen molar-refractivity contribution in [3.05, 3.63) is 12.3 Å². The Morgan fingerprint density at radius 1 is 1.43 bits per heavy atom. The van der Waals surface area contributed by atoms with Crippen LogP contribution in [0.15, 0.2) is 12.3 Å². The van der Waals surface area contributed by atoms with E-state index in [4.69, 9.17) is 0 Å². The van der Waals surface area contributed by atoms with Gasteiger partial charge in [0.1, 0.15) is 0 Å². The minimum absolute atomic E-state index is 0.170. The number of esters is 1. The molecule has 1 N–H and O–H groups in total. The topological polar surface area (TPSA) is 38.3 Å². The Morgan fingerprint density at radius 3 is 2.86 bits per heavy atom. The van der Waals surface area contributed by atoms with E-state index in [9.17, 15) is 4.79 Å². The van der Waals surface area contributed by atoms with Crippen LogP contribution in [0.2, 0.25) is 0 Å². The highest BCUT2D eigenvalue weighted by Gasteiger charge is 1.95. The number of carbonyl (C=O) groups is 1. The first-order valence-electron chi connectivity index (χ1n) is 5.26. The van der Waals surface area contributed by atoms with E-state index >= 15 is 0 Å². The minimum Gasteiger partial charge on any atom is -0.469 e. The molecule has 0 aliphatic heterocycles. The molecule has 0 fully saturated rings. The lowest BCUT2D eigenvalue weighted by Crippen LogP contribution is -2.12. The van der Waals surface area contributed by atoms with Crippen LogP contribution < -0.4 is 5.32 Å². The van der Waals surface area contributed by atoms with Gasteiger partial charge in [0.2, 0.25) is 0 Å². The van der Waals surface area contributed by atoms with Crippen LogP contribution in [0.5, 0.6) is 0 Å². The molecule has 0 atom stereocenters. The summed E-state index contributed by atoms with van der Waals surface area (Å²) in [5.74, 6) is -0.170. The molecule has 3 heteroatoms. The summed E-state index contributed by atoms with van der Waals surface area (Å²) in [4.78, 5) is 10.7. The van der Waals surface area contributed by atoms with E-state index in [0.29, 0.717) is 13.0 Å². The van der Waals surface area contributed by atoms with Crippen LogP contribution in [0.1, 0.15) is 39.0 Å². The van der Waals surface area contributed by atoms with Crippen molar-refractivity contribution in [2.45, 2.75) is 39.0 Å². The predicted molar refractivity (Wildman–Crippen MR) is 57.9 cm³/mol. The van der Waals surface area contributed by atoms with Gasteiger partial charge in [-0.05, 0) is 19.0 Å². The van der Waals surface area contributed by atoms with Crippen molar-refractivity contribution in [2.24, 2.45) is 0 Å². The summed E-state index contributed by atoms with van der Waals surface area (Å²) in [7, 11) is 1.41. The van der Waals surface area contributed by atoms with Crippen molar-refractivity contribution in [3.8, 4) is 0 Å². The second kappa shape index (κ2) is 10.1. The Labute approximate surface area is 86.5 Å². The maximum absolute atomic E-state index is 10.7. The highest BCUT2D eigenvalue weighted by molar-refractivity contribution is 5.69. The number of ether oxygens (including phenoxy) is 1. The molecule has 0 aliphatic rings. The molecule has 0 heterocycles. The van der Waals surface area contributed by atoms with Crippen LogP contribution in [-0.4, -0.2) is 19.6 Å². The van der Waals surface area contributed by atoms with Gasteiger partial charge in [0.15, 0.2) is 0 Å². The number of rotatable bonds is 8. The number of carbonyl (C=O) groups excluding carboxylic acids is 1. The van der Waals surface area contributed by atoms with Gasteiger partial charge in [-0.15, -0.1) is 0 Å². The molecule has 0 aromatic heterocycles. The zero-order valence-electron chi connectivity index (χ0n) is 9.21. The quantitative estimate of drug-likeness (QED) is 0.481. The van der Waals surface area contributed by atoms with E-state index in [2.05, 4.69) is 23.1 Å². The van der Waals surface area contributed by atoms with Gasteiger partial charge in [-0.25, -0.2) is 0 Å². The molecule has 0 rings (SSSR count). The number of unbranched alkanes of at least 4 members (excludes halogenated alkanes) is 3. The van der Waals surface area contributed by atoms with Gasteiger partial charge in [-0.3, -0.25) is 4.79 Å². The van der Waals surface area contributed by atoms with Crippen LogP contribution in [-0.2, 0) is 9.53 Å². The predicted octanol–water partition coefficient (Wildman–Crippen LogP) is 2.23.